The molecule has 2 rings (SSSR count). The molecule has 0 aliphatic heterocycles. The molecule has 0 amide bonds. The Morgan fingerprint density at radius 2 is 1.96 bits per heavy atom. The number of hydrogen-bond donors (Lipinski definition) is 2. The second-order valence-electron chi connectivity index (χ2n) is 5.06. The third kappa shape index (κ3) is 3.60. The van der Waals surface area contributed by atoms with Gasteiger partial charge in [-0.15, -0.1) is 0 Å². The van der Waals surface area contributed by atoms with E-state index in [-0.39, 0.29) is 29.2 Å². The maximum absolute atomic E-state index is 13.0. The lowest BCUT2D eigenvalue weighted by Crippen LogP contribution is -2.15. The number of aliphatic carboxylic acids is 1. The molecule has 0 bridgehead atoms. The number of phenolic OH excluding ortho intramolecular Hbond substituents is 1. The van der Waals surface area contributed by atoms with Crippen LogP contribution in [0.15, 0.2) is 36.4 Å². The number of nitro benzene ring substituents is 1. The smallest absolute Gasteiger partial charge is 0.311 e. The summed E-state index contributed by atoms with van der Waals surface area (Å²) >= 11 is 0. The fourth-order valence-corrected chi connectivity index (χ4v) is 2.33. The van der Waals surface area contributed by atoms with Crippen LogP contribution in [0.5, 0.6) is 11.5 Å². The molecule has 0 heterocycles. The predicted octanol–water partition coefficient (Wildman–Crippen LogP) is 2.86. The van der Waals surface area contributed by atoms with E-state index in [1.807, 2.05) is 0 Å². The molecule has 0 aliphatic rings. The van der Waals surface area contributed by atoms with E-state index in [9.17, 15) is 29.5 Å². The van der Waals surface area contributed by atoms with Crippen molar-refractivity contribution < 1.29 is 29.1 Å². The largest absolute Gasteiger partial charge is 0.504 e. The number of nitro groups is 1. The van der Waals surface area contributed by atoms with E-state index < -0.39 is 22.6 Å². The minimum Gasteiger partial charge on any atom is -0.504 e. The highest BCUT2D eigenvalue weighted by Crippen LogP contribution is 2.37. The molecule has 0 aliphatic carbocycles. The number of carbonyl (C=O) groups is 1. The van der Waals surface area contributed by atoms with Gasteiger partial charge in [-0.3, -0.25) is 14.9 Å². The van der Waals surface area contributed by atoms with E-state index in [1.54, 1.807) is 0 Å². The van der Waals surface area contributed by atoms with Crippen molar-refractivity contribution in [2.24, 2.45) is 0 Å². The van der Waals surface area contributed by atoms with Crippen LogP contribution < -0.4 is 4.74 Å². The summed E-state index contributed by atoms with van der Waals surface area (Å²) in [5.41, 5.74) is 0.0365. The van der Waals surface area contributed by atoms with Gasteiger partial charge in [-0.2, -0.15) is 0 Å². The van der Waals surface area contributed by atoms with Crippen molar-refractivity contribution in [2.75, 3.05) is 7.11 Å². The second-order valence-corrected chi connectivity index (χ2v) is 5.06. The number of halogens is 1. The molecule has 1 atom stereocenters. The average molecular weight is 335 g/mol. The van der Waals surface area contributed by atoms with Crippen LogP contribution in [0.2, 0.25) is 0 Å². The van der Waals surface area contributed by atoms with E-state index in [0.29, 0.717) is 5.56 Å². The molecule has 0 radical (unpaired) electrons. The lowest BCUT2D eigenvalue weighted by Gasteiger charge is -2.15. The molecule has 0 fully saturated rings. The molecule has 0 saturated carbocycles. The Hall–Kier alpha value is -3.16. The Morgan fingerprint density at radius 1 is 1.33 bits per heavy atom. The van der Waals surface area contributed by atoms with Crippen LogP contribution in [0, 0.1) is 15.9 Å². The normalized spacial score (nSPS) is 11.8. The molecular weight excluding hydrogens is 321 g/mol. The Labute approximate surface area is 136 Å². The highest BCUT2D eigenvalue weighted by atomic mass is 19.1. The van der Waals surface area contributed by atoms with E-state index in [0.717, 1.165) is 24.3 Å². The molecule has 2 aromatic rings. The van der Waals surface area contributed by atoms with E-state index in [2.05, 4.69) is 0 Å². The quantitative estimate of drug-likeness (QED) is 0.620. The Bertz CT molecular complexity index is 775. The first-order valence-electron chi connectivity index (χ1n) is 6.86. The molecule has 24 heavy (non-hydrogen) atoms. The zero-order valence-electron chi connectivity index (χ0n) is 12.6. The van der Waals surface area contributed by atoms with Crippen molar-refractivity contribution >= 4 is 11.7 Å². The standard InChI is InChI=1S/C16H14FNO6/c1-24-14-8-12(18(22)23)6-10(15(14)19)7-13(16(20)21)9-2-4-11(17)5-3-9/h2-6,8,13,19H,7H2,1H3,(H,20,21). The van der Waals surface area contributed by atoms with E-state index in [1.165, 1.54) is 19.2 Å². The fraction of sp³-hybridized carbons (Fsp3) is 0.188. The van der Waals surface area contributed by atoms with Crippen LogP contribution in [-0.4, -0.2) is 28.2 Å². The van der Waals surface area contributed by atoms with E-state index >= 15 is 0 Å². The fourth-order valence-electron chi connectivity index (χ4n) is 2.33. The van der Waals surface area contributed by atoms with Gasteiger partial charge in [0.1, 0.15) is 5.82 Å². The first kappa shape index (κ1) is 17.2. The van der Waals surface area contributed by atoms with Crippen LogP contribution in [0.25, 0.3) is 0 Å². The van der Waals surface area contributed by atoms with Gasteiger partial charge in [-0.05, 0) is 24.1 Å². The van der Waals surface area contributed by atoms with Crippen molar-refractivity contribution in [2.45, 2.75) is 12.3 Å². The molecule has 0 saturated heterocycles. The minimum absolute atomic E-state index is 0.0535. The van der Waals surface area contributed by atoms with Gasteiger partial charge in [0, 0.05) is 11.6 Å². The van der Waals surface area contributed by atoms with Crippen LogP contribution in [-0.2, 0) is 11.2 Å². The number of rotatable bonds is 6. The Kier molecular flexibility index (Phi) is 4.98. The number of hydrogen-bond acceptors (Lipinski definition) is 5. The molecule has 2 aromatic carbocycles. The summed E-state index contributed by atoms with van der Waals surface area (Å²) < 4.78 is 17.9. The molecule has 1 unspecified atom stereocenters. The number of aromatic hydroxyl groups is 1. The van der Waals surface area contributed by atoms with Gasteiger partial charge in [0.05, 0.1) is 24.0 Å². The molecule has 7 nitrogen and oxygen atoms in total. The first-order chi connectivity index (χ1) is 11.3. The number of ether oxygens (including phenoxy) is 1. The zero-order valence-corrected chi connectivity index (χ0v) is 12.6. The molecule has 0 aromatic heterocycles. The SMILES string of the molecule is COc1cc([N+](=O)[O-])cc(CC(C(=O)O)c2ccc(F)cc2)c1O. The van der Waals surface area contributed by atoms with Crippen molar-refractivity contribution in [3.8, 4) is 11.5 Å². The zero-order chi connectivity index (χ0) is 17.9. The summed E-state index contributed by atoms with van der Waals surface area (Å²) in [6.07, 6.45) is -0.217. The Morgan fingerprint density at radius 3 is 2.46 bits per heavy atom. The highest BCUT2D eigenvalue weighted by Gasteiger charge is 2.25. The van der Waals surface area contributed by atoms with Crippen LogP contribution in [0.3, 0.4) is 0 Å². The minimum atomic E-state index is -1.20. The number of benzene rings is 2. The summed E-state index contributed by atoms with van der Waals surface area (Å²) in [6, 6.07) is 7.03. The van der Waals surface area contributed by atoms with Gasteiger partial charge in [-0.25, -0.2) is 4.39 Å². The number of carboxylic acids is 1. The lowest BCUT2D eigenvalue weighted by atomic mass is 9.91. The summed E-state index contributed by atoms with van der Waals surface area (Å²) in [7, 11) is 1.23. The van der Waals surface area contributed by atoms with Crippen molar-refractivity contribution in [3.63, 3.8) is 0 Å². The van der Waals surface area contributed by atoms with Gasteiger partial charge in [0.25, 0.3) is 5.69 Å². The topological polar surface area (TPSA) is 110 Å². The maximum Gasteiger partial charge on any atom is 0.311 e. The monoisotopic (exact) mass is 335 g/mol. The highest BCUT2D eigenvalue weighted by molar-refractivity contribution is 5.77. The van der Waals surface area contributed by atoms with Crippen molar-refractivity contribution in [1.29, 1.82) is 0 Å². The van der Waals surface area contributed by atoms with Gasteiger partial charge < -0.3 is 14.9 Å². The molecule has 2 N–H and O–H groups in total. The molecule has 8 heteroatoms. The predicted molar refractivity (Wildman–Crippen MR) is 81.8 cm³/mol. The summed E-state index contributed by atoms with van der Waals surface area (Å²) in [5.74, 6) is -3.31. The number of carboxylic acid groups (broad SMARTS) is 1. The summed E-state index contributed by atoms with van der Waals surface area (Å²) in [6.45, 7) is 0. The Balaban J connectivity index is 2.46. The van der Waals surface area contributed by atoms with Gasteiger partial charge in [0.2, 0.25) is 0 Å². The summed E-state index contributed by atoms with van der Waals surface area (Å²) in [4.78, 5) is 21.8. The molecule has 0 spiro atoms. The first-order valence-corrected chi connectivity index (χ1v) is 6.86. The van der Waals surface area contributed by atoms with E-state index in [4.69, 9.17) is 4.74 Å². The number of nitrogens with zero attached hydrogens (tertiary/aromatic N) is 1. The maximum atomic E-state index is 13.0. The second kappa shape index (κ2) is 6.95. The molecule has 126 valence electrons. The third-order valence-corrected chi connectivity index (χ3v) is 3.56. The van der Waals surface area contributed by atoms with Gasteiger partial charge >= 0.3 is 5.97 Å². The third-order valence-electron chi connectivity index (χ3n) is 3.56. The average Bonchev–Trinajstić information content (AvgIpc) is 2.54. The molecular formula is C16H14FNO6. The van der Waals surface area contributed by atoms with Gasteiger partial charge in [-0.1, -0.05) is 12.1 Å². The number of non-ortho nitro benzene ring substituents is 1. The number of methoxy groups -OCH3 is 1. The van der Waals surface area contributed by atoms with Crippen molar-refractivity contribution in [1.82, 2.24) is 0 Å². The van der Waals surface area contributed by atoms with Crippen molar-refractivity contribution in [3.05, 3.63) is 63.5 Å². The summed E-state index contributed by atoms with van der Waals surface area (Å²) in [5, 5.41) is 30.5. The van der Waals surface area contributed by atoms with Crippen LogP contribution >= 0.6 is 0 Å². The lowest BCUT2D eigenvalue weighted by molar-refractivity contribution is -0.385. The van der Waals surface area contributed by atoms with Crippen LogP contribution in [0.4, 0.5) is 10.1 Å². The van der Waals surface area contributed by atoms with Gasteiger partial charge in [0.15, 0.2) is 11.5 Å². The number of phenols is 1. The van der Waals surface area contributed by atoms with Crippen LogP contribution in [0.1, 0.15) is 17.0 Å².